The minimum absolute atomic E-state index is 0.150. The van der Waals surface area contributed by atoms with Gasteiger partial charge >= 0.3 is 5.97 Å². The second-order valence-electron chi connectivity index (χ2n) is 4.74. The molecule has 4 N–H and O–H groups in total. The van der Waals surface area contributed by atoms with E-state index in [1.165, 1.54) is 6.07 Å². The fourth-order valence-corrected chi connectivity index (χ4v) is 1.62. The van der Waals surface area contributed by atoms with Crippen LogP contribution in [0.5, 0.6) is 0 Å². The molecule has 0 aliphatic rings. The van der Waals surface area contributed by atoms with Crippen LogP contribution in [-0.2, 0) is 14.3 Å². The number of hydrogen-bond acceptors (Lipinski definition) is 5. The van der Waals surface area contributed by atoms with Crippen molar-refractivity contribution >= 4 is 23.5 Å². The highest BCUT2D eigenvalue weighted by Crippen LogP contribution is 2.17. The third-order valence-corrected chi connectivity index (χ3v) is 2.90. The number of nitrogens with two attached hydrogens (primary N) is 1. The van der Waals surface area contributed by atoms with Crippen molar-refractivity contribution in [3.63, 3.8) is 0 Å². The fourth-order valence-electron chi connectivity index (χ4n) is 1.62. The maximum absolute atomic E-state index is 11.8. The quantitative estimate of drug-likeness (QED) is 0.498. The zero-order valence-corrected chi connectivity index (χ0v) is 12.8. The van der Waals surface area contributed by atoms with E-state index in [9.17, 15) is 14.4 Å². The van der Waals surface area contributed by atoms with Crippen LogP contribution in [0.3, 0.4) is 0 Å². The number of ether oxygens (including phenoxy) is 1. The summed E-state index contributed by atoms with van der Waals surface area (Å²) in [4.78, 5) is 34.6. The van der Waals surface area contributed by atoms with E-state index in [1.54, 1.807) is 19.1 Å². The first-order chi connectivity index (χ1) is 10.5. The number of nitrogen functional groups attached to an aromatic ring is 1. The topological polar surface area (TPSA) is 111 Å². The van der Waals surface area contributed by atoms with Crippen LogP contribution in [0.4, 0.5) is 5.69 Å². The van der Waals surface area contributed by atoms with Crippen molar-refractivity contribution in [1.29, 1.82) is 0 Å². The average molecular weight is 307 g/mol. The normalized spacial score (nSPS) is 9.91. The molecular formula is C15H21N3O4. The first-order valence-corrected chi connectivity index (χ1v) is 7.01. The Morgan fingerprint density at radius 2 is 1.91 bits per heavy atom. The van der Waals surface area contributed by atoms with Gasteiger partial charge in [0.05, 0.1) is 12.1 Å². The minimum Gasteiger partial charge on any atom is -0.452 e. The highest BCUT2D eigenvalue weighted by Gasteiger charge is 2.14. The van der Waals surface area contributed by atoms with Gasteiger partial charge in [-0.05, 0) is 25.0 Å². The zero-order valence-electron chi connectivity index (χ0n) is 12.8. The Labute approximate surface area is 129 Å². The number of esters is 1. The molecule has 0 aliphatic carbocycles. The van der Waals surface area contributed by atoms with Gasteiger partial charge in [-0.3, -0.25) is 9.59 Å². The van der Waals surface area contributed by atoms with Crippen LogP contribution < -0.4 is 16.4 Å². The molecule has 1 aromatic carbocycles. The Balaban J connectivity index is 2.39. The monoisotopic (exact) mass is 307 g/mol. The molecule has 22 heavy (non-hydrogen) atoms. The number of rotatable bonds is 7. The molecular weight excluding hydrogens is 286 g/mol. The summed E-state index contributed by atoms with van der Waals surface area (Å²) < 4.78 is 4.88. The third kappa shape index (κ3) is 5.43. The molecule has 0 saturated carbocycles. The van der Waals surface area contributed by atoms with Gasteiger partial charge in [-0.1, -0.05) is 19.1 Å². The molecule has 1 aromatic rings. The molecule has 0 bridgehead atoms. The molecule has 0 heterocycles. The lowest BCUT2D eigenvalue weighted by atomic mass is 10.1. The number of carbonyl (C=O) groups is 3. The number of aryl methyl sites for hydroxylation is 1. The highest BCUT2D eigenvalue weighted by molar-refractivity contribution is 5.97. The molecule has 7 heteroatoms. The molecule has 0 unspecified atom stereocenters. The number of nitrogens with one attached hydrogen (secondary N) is 2. The van der Waals surface area contributed by atoms with Crippen LogP contribution in [-0.4, -0.2) is 37.5 Å². The molecule has 1 rings (SSSR count). The Hall–Kier alpha value is -2.57. The molecule has 0 aromatic heterocycles. The van der Waals surface area contributed by atoms with Crippen molar-refractivity contribution in [2.45, 2.75) is 20.3 Å². The summed E-state index contributed by atoms with van der Waals surface area (Å²) in [7, 11) is 0. The molecule has 2 amide bonds. The van der Waals surface area contributed by atoms with Crippen molar-refractivity contribution in [2.75, 3.05) is 25.4 Å². The van der Waals surface area contributed by atoms with Gasteiger partial charge in [-0.2, -0.15) is 0 Å². The first kappa shape index (κ1) is 17.5. The predicted octanol–water partition coefficient (Wildman–Crippen LogP) is 0.376. The van der Waals surface area contributed by atoms with Gasteiger partial charge in [0.15, 0.2) is 6.61 Å². The van der Waals surface area contributed by atoms with Crippen molar-refractivity contribution in [2.24, 2.45) is 0 Å². The summed E-state index contributed by atoms with van der Waals surface area (Å²) >= 11 is 0. The van der Waals surface area contributed by atoms with E-state index in [-0.39, 0.29) is 18.0 Å². The third-order valence-electron chi connectivity index (χ3n) is 2.90. The lowest BCUT2D eigenvalue weighted by Crippen LogP contribution is -2.38. The van der Waals surface area contributed by atoms with Gasteiger partial charge in [-0.15, -0.1) is 0 Å². The standard InChI is InChI=1S/C15H21N3O4/c1-3-7-17-12(19)8-18-13(20)9-22-15(21)11-6-4-5-10(2)14(11)16/h4-6H,3,7-9,16H2,1-2H3,(H,17,19)(H,18,20). The van der Waals surface area contributed by atoms with Crippen molar-refractivity contribution < 1.29 is 19.1 Å². The molecule has 0 fully saturated rings. The van der Waals surface area contributed by atoms with Crippen LogP contribution in [0, 0.1) is 6.92 Å². The van der Waals surface area contributed by atoms with Crippen LogP contribution >= 0.6 is 0 Å². The molecule has 0 spiro atoms. The summed E-state index contributed by atoms with van der Waals surface area (Å²) in [6, 6.07) is 4.98. The molecule has 7 nitrogen and oxygen atoms in total. The van der Waals surface area contributed by atoms with Gasteiger partial charge in [-0.25, -0.2) is 4.79 Å². The zero-order chi connectivity index (χ0) is 16.5. The Kier molecular flexibility index (Phi) is 6.88. The lowest BCUT2D eigenvalue weighted by molar-refractivity contribution is -0.127. The summed E-state index contributed by atoms with van der Waals surface area (Å²) in [6.07, 6.45) is 0.815. The Morgan fingerprint density at radius 3 is 2.59 bits per heavy atom. The number of hydrogen-bond donors (Lipinski definition) is 3. The van der Waals surface area contributed by atoms with E-state index >= 15 is 0 Å². The molecule has 120 valence electrons. The number of amides is 2. The number of anilines is 1. The largest absolute Gasteiger partial charge is 0.452 e. The van der Waals surface area contributed by atoms with Crippen LogP contribution in [0.15, 0.2) is 18.2 Å². The first-order valence-electron chi connectivity index (χ1n) is 7.01. The van der Waals surface area contributed by atoms with Crippen LogP contribution in [0.2, 0.25) is 0 Å². The lowest BCUT2D eigenvalue weighted by Gasteiger charge is -2.09. The minimum atomic E-state index is -0.674. The second kappa shape index (κ2) is 8.66. The Bertz CT molecular complexity index is 558. The van der Waals surface area contributed by atoms with E-state index in [4.69, 9.17) is 10.5 Å². The Morgan fingerprint density at radius 1 is 1.18 bits per heavy atom. The predicted molar refractivity (Wildman–Crippen MR) is 82.2 cm³/mol. The summed E-state index contributed by atoms with van der Waals surface area (Å²) in [5.74, 6) is -1.51. The number of benzene rings is 1. The van der Waals surface area contributed by atoms with E-state index < -0.39 is 18.5 Å². The van der Waals surface area contributed by atoms with Gasteiger partial charge < -0.3 is 21.1 Å². The van der Waals surface area contributed by atoms with Crippen molar-refractivity contribution in [1.82, 2.24) is 10.6 Å². The average Bonchev–Trinajstić information content (AvgIpc) is 2.51. The van der Waals surface area contributed by atoms with Crippen LogP contribution in [0.1, 0.15) is 29.3 Å². The maximum atomic E-state index is 11.8. The van der Waals surface area contributed by atoms with Crippen molar-refractivity contribution in [3.05, 3.63) is 29.3 Å². The molecule has 0 aliphatic heterocycles. The molecule has 0 saturated heterocycles. The van der Waals surface area contributed by atoms with Gasteiger partial charge in [0.1, 0.15) is 0 Å². The van der Waals surface area contributed by atoms with Gasteiger partial charge in [0.2, 0.25) is 5.91 Å². The summed E-state index contributed by atoms with van der Waals surface area (Å²) in [5, 5.41) is 4.98. The van der Waals surface area contributed by atoms with E-state index in [2.05, 4.69) is 10.6 Å². The maximum Gasteiger partial charge on any atom is 0.340 e. The number of carbonyl (C=O) groups excluding carboxylic acids is 3. The second-order valence-corrected chi connectivity index (χ2v) is 4.74. The number of para-hydroxylation sites is 1. The summed E-state index contributed by atoms with van der Waals surface area (Å²) in [6.45, 7) is 3.63. The van der Waals surface area contributed by atoms with E-state index in [0.29, 0.717) is 12.2 Å². The van der Waals surface area contributed by atoms with Crippen molar-refractivity contribution in [3.8, 4) is 0 Å². The van der Waals surface area contributed by atoms with Crippen LogP contribution in [0.25, 0.3) is 0 Å². The summed E-state index contributed by atoms with van der Waals surface area (Å²) in [5.41, 5.74) is 7.08. The van der Waals surface area contributed by atoms with Gasteiger partial charge in [0.25, 0.3) is 5.91 Å². The van der Waals surface area contributed by atoms with E-state index in [0.717, 1.165) is 12.0 Å². The SMILES string of the molecule is CCCNC(=O)CNC(=O)COC(=O)c1cccc(C)c1N. The highest BCUT2D eigenvalue weighted by atomic mass is 16.5. The van der Waals surface area contributed by atoms with E-state index in [1.807, 2.05) is 6.92 Å². The molecule has 0 radical (unpaired) electrons. The fraction of sp³-hybridized carbons (Fsp3) is 0.400. The smallest absolute Gasteiger partial charge is 0.340 e. The molecule has 0 atom stereocenters. The van der Waals surface area contributed by atoms with Gasteiger partial charge in [0, 0.05) is 12.2 Å².